The summed E-state index contributed by atoms with van der Waals surface area (Å²) in [5, 5.41) is 3.91. The molecule has 0 fully saturated rings. The molecule has 1 aliphatic rings. The number of amides is 1. The molecule has 3 rings (SSSR count). The minimum Gasteiger partial charge on any atom is -0.323 e. The maximum absolute atomic E-state index is 12.5. The number of carbonyl (C=O) groups is 1. The van der Waals surface area contributed by atoms with Gasteiger partial charge in [0.2, 0.25) is 5.91 Å². The quantitative estimate of drug-likeness (QED) is 0.892. The van der Waals surface area contributed by atoms with Gasteiger partial charge in [0.25, 0.3) is 0 Å². The van der Waals surface area contributed by atoms with Crippen molar-refractivity contribution in [3.63, 3.8) is 0 Å². The second kappa shape index (κ2) is 6.91. The molecule has 1 aliphatic heterocycles. The van der Waals surface area contributed by atoms with Crippen molar-refractivity contribution in [1.82, 2.24) is 4.90 Å². The highest BCUT2D eigenvalue weighted by Gasteiger charge is 2.25. The van der Waals surface area contributed by atoms with Crippen LogP contribution in [-0.4, -0.2) is 23.4 Å². The van der Waals surface area contributed by atoms with Gasteiger partial charge in [-0.2, -0.15) is 0 Å². The van der Waals surface area contributed by atoms with Crippen LogP contribution in [0.4, 0.5) is 5.69 Å². The fraction of sp³-hybridized carbons (Fsp3) is 0.278. The number of nitrogens with zero attached hydrogens (tertiary/aromatic N) is 1. The lowest BCUT2D eigenvalue weighted by molar-refractivity contribution is -0.121. The van der Waals surface area contributed by atoms with Gasteiger partial charge in [-0.3, -0.25) is 9.69 Å². The fourth-order valence-electron chi connectivity index (χ4n) is 2.84. The second-order valence-corrected chi connectivity index (χ2v) is 6.62. The van der Waals surface area contributed by atoms with E-state index < -0.39 is 0 Å². The predicted molar refractivity (Wildman–Crippen MR) is 95.1 cm³/mol. The fourth-order valence-corrected chi connectivity index (χ4v) is 3.18. The molecule has 0 bridgehead atoms. The third kappa shape index (κ3) is 3.69. The molecule has 0 spiro atoms. The van der Waals surface area contributed by atoms with E-state index in [9.17, 15) is 4.79 Å². The first-order valence-corrected chi connectivity index (χ1v) is 8.37. The van der Waals surface area contributed by atoms with E-state index in [-0.39, 0.29) is 11.9 Å². The minimum absolute atomic E-state index is 0.0754. The Kier molecular flexibility index (Phi) is 4.90. The summed E-state index contributed by atoms with van der Waals surface area (Å²) in [7, 11) is 0. The molecule has 1 heterocycles. The maximum atomic E-state index is 12.5. The molecule has 2 aromatic rings. The molecule has 0 saturated carbocycles. The summed E-state index contributed by atoms with van der Waals surface area (Å²) in [5.74, 6) is -0.0754. The molecule has 0 unspecified atom stereocenters. The molecule has 0 aliphatic carbocycles. The highest BCUT2D eigenvalue weighted by atomic mass is 35.5. The van der Waals surface area contributed by atoms with Gasteiger partial charge in [-0.25, -0.2) is 0 Å². The first-order valence-electron chi connectivity index (χ1n) is 7.61. The molecule has 2 aromatic carbocycles. The molecule has 120 valence electrons. The van der Waals surface area contributed by atoms with Crippen molar-refractivity contribution in [2.45, 2.75) is 25.9 Å². The van der Waals surface area contributed by atoms with E-state index in [2.05, 4.69) is 28.4 Å². The van der Waals surface area contributed by atoms with Gasteiger partial charge in [0, 0.05) is 18.1 Å². The molecule has 3 nitrogen and oxygen atoms in total. The Hall–Kier alpha value is -1.55. The molecular weight excluding hydrogens is 331 g/mol. The number of halogens is 2. The van der Waals surface area contributed by atoms with E-state index in [1.807, 2.05) is 13.0 Å². The molecule has 23 heavy (non-hydrogen) atoms. The van der Waals surface area contributed by atoms with Crippen LogP contribution in [-0.2, 0) is 17.8 Å². The zero-order valence-corrected chi connectivity index (χ0v) is 14.4. The average molecular weight is 349 g/mol. The highest BCUT2D eigenvalue weighted by Crippen LogP contribution is 2.26. The minimum atomic E-state index is -0.238. The van der Waals surface area contributed by atoms with Crippen LogP contribution in [0.3, 0.4) is 0 Å². The van der Waals surface area contributed by atoms with Crippen molar-refractivity contribution >= 4 is 34.8 Å². The largest absolute Gasteiger partial charge is 0.323 e. The predicted octanol–water partition coefficient (Wildman–Crippen LogP) is 4.38. The molecule has 0 aromatic heterocycles. The van der Waals surface area contributed by atoms with E-state index >= 15 is 0 Å². The van der Waals surface area contributed by atoms with Gasteiger partial charge in [0.15, 0.2) is 0 Å². The topological polar surface area (TPSA) is 32.3 Å². The number of benzene rings is 2. The van der Waals surface area contributed by atoms with Gasteiger partial charge in [0.1, 0.15) is 0 Å². The zero-order chi connectivity index (χ0) is 16.4. The smallest absolute Gasteiger partial charge is 0.241 e. The lowest BCUT2D eigenvalue weighted by atomic mass is 9.99. The molecule has 5 heteroatoms. The van der Waals surface area contributed by atoms with Gasteiger partial charge in [0.05, 0.1) is 16.8 Å². The number of fused-ring (bicyclic) bond motifs is 1. The first kappa shape index (κ1) is 16.3. The van der Waals surface area contributed by atoms with Crippen LogP contribution in [0.2, 0.25) is 10.0 Å². The summed E-state index contributed by atoms with van der Waals surface area (Å²) in [6.07, 6.45) is 0.964. The molecule has 0 radical (unpaired) electrons. The first-order chi connectivity index (χ1) is 11.0. The van der Waals surface area contributed by atoms with Crippen LogP contribution in [0.5, 0.6) is 0 Å². The van der Waals surface area contributed by atoms with Gasteiger partial charge < -0.3 is 5.32 Å². The lowest BCUT2D eigenvalue weighted by Crippen LogP contribution is -2.44. The van der Waals surface area contributed by atoms with E-state index in [1.54, 1.807) is 18.2 Å². The van der Waals surface area contributed by atoms with Crippen LogP contribution >= 0.6 is 23.2 Å². The number of hydrogen-bond acceptors (Lipinski definition) is 2. The van der Waals surface area contributed by atoms with E-state index in [0.717, 1.165) is 19.5 Å². The molecule has 1 atom stereocenters. The van der Waals surface area contributed by atoms with Gasteiger partial charge in [-0.15, -0.1) is 0 Å². The third-order valence-electron chi connectivity index (χ3n) is 4.27. The maximum Gasteiger partial charge on any atom is 0.241 e. The number of anilines is 1. The van der Waals surface area contributed by atoms with Crippen molar-refractivity contribution in [1.29, 1.82) is 0 Å². The van der Waals surface area contributed by atoms with E-state index in [1.165, 1.54) is 11.1 Å². The third-order valence-corrected chi connectivity index (χ3v) is 4.84. The lowest BCUT2D eigenvalue weighted by Gasteiger charge is -2.32. The summed E-state index contributed by atoms with van der Waals surface area (Å²) in [5.41, 5.74) is 3.21. The summed E-state index contributed by atoms with van der Waals surface area (Å²) in [6.45, 7) is 3.57. The van der Waals surface area contributed by atoms with Crippen molar-refractivity contribution in [3.8, 4) is 0 Å². The standard InChI is InChI=1S/C18H18Cl2N2O/c1-12(18(23)21-17-10-15(19)6-7-16(17)20)22-9-8-13-4-2-3-5-14(13)11-22/h2-7,10,12H,8-9,11H2,1H3,(H,21,23)/t12-/m1/s1. The monoisotopic (exact) mass is 348 g/mol. The number of nitrogens with one attached hydrogen (secondary N) is 1. The summed E-state index contributed by atoms with van der Waals surface area (Å²) >= 11 is 12.1. The van der Waals surface area contributed by atoms with Crippen molar-refractivity contribution in [2.24, 2.45) is 0 Å². The Morgan fingerprint density at radius 2 is 1.91 bits per heavy atom. The summed E-state index contributed by atoms with van der Waals surface area (Å²) in [6, 6.07) is 13.2. The molecule has 1 N–H and O–H groups in total. The highest BCUT2D eigenvalue weighted by molar-refractivity contribution is 6.35. The Bertz CT molecular complexity index is 733. The molecular formula is C18H18Cl2N2O. The SMILES string of the molecule is C[C@H](C(=O)Nc1cc(Cl)ccc1Cl)N1CCc2ccccc2C1. The van der Waals surface area contributed by atoms with Crippen LogP contribution in [0.15, 0.2) is 42.5 Å². The summed E-state index contributed by atoms with van der Waals surface area (Å²) in [4.78, 5) is 14.7. The van der Waals surface area contributed by atoms with Crippen LogP contribution in [0.25, 0.3) is 0 Å². The molecule has 0 saturated heterocycles. The van der Waals surface area contributed by atoms with Crippen LogP contribution in [0.1, 0.15) is 18.1 Å². The van der Waals surface area contributed by atoms with Crippen LogP contribution in [0, 0.1) is 0 Å². The Morgan fingerprint density at radius 1 is 1.17 bits per heavy atom. The zero-order valence-electron chi connectivity index (χ0n) is 12.9. The average Bonchev–Trinajstić information content (AvgIpc) is 2.57. The number of carbonyl (C=O) groups excluding carboxylic acids is 1. The van der Waals surface area contributed by atoms with Gasteiger partial charge in [-0.05, 0) is 42.7 Å². The van der Waals surface area contributed by atoms with Crippen molar-refractivity contribution < 1.29 is 4.79 Å². The van der Waals surface area contributed by atoms with Gasteiger partial charge in [-0.1, -0.05) is 47.5 Å². The Morgan fingerprint density at radius 3 is 2.70 bits per heavy atom. The number of rotatable bonds is 3. The Balaban J connectivity index is 1.70. The van der Waals surface area contributed by atoms with Crippen LogP contribution < -0.4 is 5.32 Å². The Labute approximate surface area is 146 Å². The summed E-state index contributed by atoms with van der Waals surface area (Å²) < 4.78 is 0. The van der Waals surface area contributed by atoms with E-state index in [4.69, 9.17) is 23.2 Å². The number of hydrogen-bond donors (Lipinski definition) is 1. The van der Waals surface area contributed by atoms with Crippen molar-refractivity contribution in [2.75, 3.05) is 11.9 Å². The van der Waals surface area contributed by atoms with E-state index in [0.29, 0.717) is 15.7 Å². The molecule has 1 amide bonds. The van der Waals surface area contributed by atoms with Crippen molar-refractivity contribution in [3.05, 3.63) is 63.6 Å². The van der Waals surface area contributed by atoms with Gasteiger partial charge >= 0.3 is 0 Å². The normalized spacial score (nSPS) is 15.8. The second-order valence-electron chi connectivity index (χ2n) is 5.78.